The van der Waals surface area contributed by atoms with Crippen molar-refractivity contribution in [3.8, 4) is 66.8 Å². The van der Waals surface area contributed by atoms with E-state index in [4.69, 9.17) is 0 Å². The van der Waals surface area contributed by atoms with E-state index < -0.39 is 0 Å². The average molecular weight is 853 g/mol. The van der Waals surface area contributed by atoms with Crippen LogP contribution in [-0.2, 0) is 21.7 Å². The molecule has 0 saturated carbocycles. The lowest BCUT2D eigenvalue weighted by Crippen LogP contribution is -2.21. The zero-order valence-corrected chi connectivity index (χ0v) is 38.6. The molecular formula is C62H48N2O2. The van der Waals surface area contributed by atoms with Crippen molar-refractivity contribution in [3.05, 3.63) is 211 Å². The zero-order chi connectivity index (χ0) is 45.1. The summed E-state index contributed by atoms with van der Waals surface area (Å²) in [4.78, 5) is 29.9. The first-order valence-corrected chi connectivity index (χ1v) is 23.4. The van der Waals surface area contributed by atoms with Gasteiger partial charge in [0.2, 0.25) is 0 Å². The Labute approximate surface area is 383 Å². The van der Waals surface area contributed by atoms with E-state index in [1.54, 1.807) is 0 Å². The molecule has 0 aliphatic heterocycles. The van der Waals surface area contributed by atoms with E-state index in [-0.39, 0.29) is 32.8 Å². The minimum atomic E-state index is -0.298. The van der Waals surface area contributed by atoms with E-state index >= 15 is 0 Å². The summed E-state index contributed by atoms with van der Waals surface area (Å²) < 4.78 is 3.23. The Morgan fingerprint density at radius 2 is 0.591 bits per heavy atom. The molecule has 4 heteroatoms. The molecule has 4 aliphatic rings. The van der Waals surface area contributed by atoms with Crippen molar-refractivity contribution in [2.24, 2.45) is 0 Å². The van der Waals surface area contributed by atoms with E-state index in [0.717, 1.165) is 33.3 Å². The van der Waals surface area contributed by atoms with Gasteiger partial charge >= 0.3 is 0 Å². The molecular weight excluding hydrogens is 805 g/mol. The summed E-state index contributed by atoms with van der Waals surface area (Å²) in [5, 5.41) is 1.07. The molecule has 4 nitrogen and oxygen atoms in total. The number of fused-ring (bicyclic) bond motifs is 17. The van der Waals surface area contributed by atoms with Crippen molar-refractivity contribution >= 4 is 21.8 Å². The van der Waals surface area contributed by atoms with Crippen LogP contribution in [-0.4, -0.2) is 9.03 Å². The second kappa shape index (κ2) is 11.9. The van der Waals surface area contributed by atoms with Gasteiger partial charge in [0.1, 0.15) is 0 Å². The van der Waals surface area contributed by atoms with Gasteiger partial charge in [-0.3, -0.25) is 9.59 Å². The molecule has 4 aliphatic carbocycles. The molecule has 318 valence electrons. The summed E-state index contributed by atoms with van der Waals surface area (Å²) in [6.07, 6.45) is 0. The number of benzene rings is 8. The van der Waals surface area contributed by atoms with Crippen molar-refractivity contribution in [1.29, 1.82) is 0 Å². The van der Waals surface area contributed by atoms with Crippen LogP contribution in [0.2, 0.25) is 0 Å². The monoisotopic (exact) mass is 852 g/mol. The Morgan fingerprint density at radius 1 is 0.303 bits per heavy atom. The topological polar surface area (TPSA) is 43.0 Å². The van der Waals surface area contributed by atoms with E-state index in [1.807, 2.05) is 4.52 Å². The number of aromatic nitrogens is 2. The summed E-state index contributed by atoms with van der Waals surface area (Å²) in [6.45, 7) is 18.7. The van der Waals surface area contributed by atoms with E-state index in [9.17, 15) is 9.59 Å². The second-order valence-electron chi connectivity index (χ2n) is 21.6. The van der Waals surface area contributed by atoms with Crippen molar-refractivity contribution in [2.45, 2.75) is 77.0 Å². The highest BCUT2D eigenvalue weighted by Crippen LogP contribution is 2.62. The first-order chi connectivity index (χ1) is 31.6. The first-order valence-electron chi connectivity index (χ1n) is 23.4. The van der Waals surface area contributed by atoms with Gasteiger partial charge in [-0.2, -0.15) is 4.52 Å². The van der Waals surface area contributed by atoms with Gasteiger partial charge in [0, 0.05) is 21.7 Å². The van der Waals surface area contributed by atoms with Crippen LogP contribution in [0.3, 0.4) is 0 Å². The quantitative estimate of drug-likeness (QED) is 0.174. The number of nitrogens with zero attached hydrogens (tertiary/aromatic N) is 2. The third-order valence-corrected chi connectivity index (χ3v) is 16.9. The van der Waals surface area contributed by atoms with Gasteiger partial charge in [-0.05, 0) is 136 Å². The maximum atomic E-state index is 15.0. The maximum Gasteiger partial charge on any atom is 0.282 e. The van der Waals surface area contributed by atoms with Gasteiger partial charge in [0.25, 0.3) is 11.1 Å². The molecule has 0 radical (unpaired) electrons. The highest BCUT2D eigenvalue weighted by atomic mass is 16.2. The molecule has 14 rings (SSSR count). The lowest BCUT2D eigenvalue weighted by molar-refractivity contribution is 0.639. The molecule has 0 bridgehead atoms. The van der Waals surface area contributed by atoms with Crippen molar-refractivity contribution in [1.82, 2.24) is 9.03 Å². The minimum Gasteiger partial charge on any atom is -0.267 e. The molecule has 0 amide bonds. The summed E-state index contributed by atoms with van der Waals surface area (Å²) >= 11 is 0. The van der Waals surface area contributed by atoms with Crippen molar-refractivity contribution in [2.75, 3.05) is 0 Å². The van der Waals surface area contributed by atoms with Crippen LogP contribution in [0.15, 0.2) is 155 Å². The summed E-state index contributed by atoms with van der Waals surface area (Å²) in [5.41, 5.74) is 24.7. The highest BCUT2D eigenvalue weighted by Gasteiger charge is 2.46. The molecule has 10 aromatic rings. The molecule has 0 saturated heterocycles. The lowest BCUT2D eigenvalue weighted by Gasteiger charge is -2.27. The van der Waals surface area contributed by atoms with E-state index in [1.165, 1.54) is 93.5 Å². The molecule has 0 N–H and O–H groups in total. The fourth-order valence-electron chi connectivity index (χ4n) is 13.5. The minimum absolute atomic E-state index is 0.213. The SMILES string of the molecule is CC1(C)c2ccccc2-c2c1cc1c(c2-c2ccc3c(c2)c(=O)n2c(=O)c4cc(-c5c6c(cc7c5-c5ccccc5C7(C)C)C(C)(C)c5ccccc5-6)ccc4n32)-c2ccccc2C1(C)C. The molecule has 0 atom stereocenters. The number of rotatable bonds is 2. The lowest BCUT2D eigenvalue weighted by atomic mass is 9.76. The number of hydrogen-bond acceptors (Lipinski definition) is 2. The molecule has 66 heavy (non-hydrogen) atoms. The van der Waals surface area contributed by atoms with Crippen molar-refractivity contribution < 1.29 is 0 Å². The maximum absolute atomic E-state index is 15.0. The van der Waals surface area contributed by atoms with Gasteiger partial charge in [0.05, 0.1) is 21.8 Å². The predicted octanol–water partition coefficient (Wildman–Crippen LogP) is 14.1. The molecule has 2 aromatic heterocycles. The van der Waals surface area contributed by atoms with E-state index in [0.29, 0.717) is 10.8 Å². The van der Waals surface area contributed by atoms with Crippen LogP contribution >= 0.6 is 0 Å². The Morgan fingerprint density at radius 3 is 0.894 bits per heavy atom. The first kappa shape index (κ1) is 38.0. The second-order valence-corrected chi connectivity index (χ2v) is 21.6. The van der Waals surface area contributed by atoms with Crippen LogP contribution in [0.1, 0.15) is 99.9 Å². The third-order valence-electron chi connectivity index (χ3n) is 16.9. The predicted molar refractivity (Wildman–Crippen MR) is 271 cm³/mol. The zero-order valence-electron chi connectivity index (χ0n) is 38.6. The van der Waals surface area contributed by atoms with Crippen LogP contribution in [0, 0.1) is 0 Å². The van der Waals surface area contributed by atoms with Gasteiger partial charge < -0.3 is 0 Å². The fourth-order valence-corrected chi connectivity index (χ4v) is 13.5. The van der Waals surface area contributed by atoms with Crippen molar-refractivity contribution in [3.63, 3.8) is 0 Å². The summed E-state index contributed by atoms with van der Waals surface area (Å²) in [7, 11) is 0. The van der Waals surface area contributed by atoms with E-state index in [2.05, 4.69) is 201 Å². The van der Waals surface area contributed by atoms with Gasteiger partial charge in [-0.1, -0.05) is 177 Å². The van der Waals surface area contributed by atoms with Crippen LogP contribution in [0.4, 0.5) is 0 Å². The number of hydrogen-bond donors (Lipinski definition) is 0. The molecule has 8 aromatic carbocycles. The summed E-state index contributed by atoms with van der Waals surface area (Å²) in [6, 6.07) is 52.8. The van der Waals surface area contributed by atoms with Gasteiger partial charge in [0.15, 0.2) is 0 Å². The highest BCUT2D eigenvalue weighted by molar-refractivity contribution is 6.07. The normalized spacial score (nSPS) is 16.8. The van der Waals surface area contributed by atoms with Gasteiger partial charge in [-0.25, -0.2) is 4.52 Å². The fraction of sp³-hybridized carbons (Fsp3) is 0.194. The molecule has 0 unspecified atom stereocenters. The Balaban J connectivity index is 1.02. The Bertz CT molecular complexity index is 3620. The van der Waals surface area contributed by atoms with Gasteiger partial charge in [-0.15, -0.1) is 0 Å². The smallest absolute Gasteiger partial charge is 0.267 e. The standard InChI is InChI=1S/C62H48N2O2/c1-59(2)41-21-13-9-17-35(41)53-45(59)31-46-54(36-18-10-14-22-42(36)60(46,3)4)51(53)33-25-27-49-39(29-33)57(65)64-58(66)40-30-34(26-28-50(40)63(49)64)52-55-37-19-11-15-23-43(37)61(5,6)47(55)32-48-56(52)38-20-12-16-24-44(38)62(48,7)8/h9-32H,1-8H3. The molecule has 0 fully saturated rings. The van der Waals surface area contributed by atoms with Crippen LogP contribution in [0.5, 0.6) is 0 Å². The summed E-state index contributed by atoms with van der Waals surface area (Å²) in [5.74, 6) is 0. The van der Waals surface area contributed by atoms with Crippen LogP contribution in [0.25, 0.3) is 88.6 Å². The molecule has 2 heterocycles. The average Bonchev–Trinajstić information content (AvgIpc) is 4.06. The Hall–Kier alpha value is -7.30. The largest absolute Gasteiger partial charge is 0.282 e. The molecule has 0 spiro atoms. The Kier molecular flexibility index (Phi) is 6.87. The van der Waals surface area contributed by atoms with Crippen LogP contribution < -0.4 is 11.1 Å². The third kappa shape index (κ3) is 4.28.